The zero-order valence-corrected chi connectivity index (χ0v) is 19.3. The Balaban J connectivity index is 0.000000649. The Morgan fingerprint density at radius 2 is 1.47 bits per heavy atom. The number of benzene rings is 1. The Morgan fingerprint density at radius 3 is 1.94 bits per heavy atom. The molecule has 0 aliphatic rings. The van der Waals surface area contributed by atoms with Crippen LogP contribution in [-0.4, -0.2) is 59.2 Å². The van der Waals surface area contributed by atoms with E-state index in [4.69, 9.17) is 19.7 Å². The zero-order valence-electron chi connectivity index (χ0n) is 19.3. The van der Waals surface area contributed by atoms with Crippen LogP contribution in [0.4, 0.5) is 0 Å². The largest absolute Gasteiger partial charge is 0.487 e. The van der Waals surface area contributed by atoms with Crippen molar-refractivity contribution in [2.45, 2.75) is 70.9 Å². The number of aliphatic hydroxyl groups is 1. The molecule has 1 aromatic carbocycles. The minimum atomic E-state index is -0.759. The molecule has 0 radical (unpaired) electrons. The molecule has 0 aliphatic carbocycles. The molecule has 0 saturated heterocycles. The molecule has 0 aliphatic heterocycles. The highest BCUT2D eigenvalue weighted by Crippen LogP contribution is 2.26. The first-order valence-electron chi connectivity index (χ1n) is 11.1. The van der Waals surface area contributed by atoms with Crippen LogP contribution in [0.2, 0.25) is 0 Å². The third-order valence-electron chi connectivity index (χ3n) is 4.18. The third-order valence-corrected chi connectivity index (χ3v) is 4.18. The second kappa shape index (κ2) is 19.1. The molecule has 1 atom stereocenters. The van der Waals surface area contributed by atoms with Crippen molar-refractivity contribution in [2.75, 3.05) is 19.8 Å². The first-order chi connectivity index (χ1) is 15.3. The summed E-state index contributed by atoms with van der Waals surface area (Å²) < 4.78 is 11.1. The Kier molecular flexibility index (Phi) is 17.6. The highest BCUT2D eigenvalue weighted by Gasteiger charge is 2.09. The zero-order chi connectivity index (χ0) is 24.2. The summed E-state index contributed by atoms with van der Waals surface area (Å²) in [5.74, 6) is -0.226. The van der Waals surface area contributed by atoms with E-state index in [2.05, 4.69) is 11.9 Å². The number of unbranched alkanes of at least 4 members (excludes halogenated alkanes) is 4. The second-order valence-electron chi connectivity index (χ2n) is 7.63. The van der Waals surface area contributed by atoms with Crippen LogP contribution >= 0.6 is 0 Å². The molecule has 1 aromatic rings. The number of carbonyl (C=O) groups is 2. The minimum absolute atomic E-state index is 0.221. The van der Waals surface area contributed by atoms with Crippen molar-refractivity contribution in [1.82, 2.24) is 5.32 Å². The van der Waals surface area contributed by atoms with Gasteiger partial charge in [0.15, 0.2) is 11.5 Å². The van der Waals surface area contributed by atoms with Crippen LogP contribution in [0.15, 0.2) is 36.9 Å². The monoisotopic (exact) mass is 453 g/mol. The predicted octanol–water partition coefficient (Wildman–Crippen LogP) is 3.88. The summed E-state index contributed by atoms with van der Waals surface area (Å²) in [6.45, 7) is 8.84. The third kappa shape index (κ3) is 18.2. The van der Waals surface area contributed by atoms with Gasteiger partial charge in [0.2, 0.25) is 0 Å². The maximum atomic E-state index is 10.1. The first kappa shape index (κ1) is 29.4. The summed E-state index contributed by atoms with van der Waals surface area (Å²) in [7, 11) is 0. The van der Waals surface area contributed by atoms with E-state index in [0.29, 0.717) is 43.5 Å². The molecule has 32 heavy (non-hydrogen) atoms. The molecule has 1 unspecified atom stereocenters. The molecule has 182 valence electrons. The van der Waals surface area contributed by atoms with Gasteiger partial charge in [-0.3, -0.25) is 9.59 Å². The molecule has 0 heterocycles. The summed E-state index contributed by atoms with van der Waals surface area (Å²) in [4.78, 5) is 20.2. The first-order valence-corrected chi connectivity index (χ1v) is 11.1. The second-order valence-corrected chi connectivity index (χ2v) is 7.63. The van der Waals surface area contributed by atoms with Gasteiger partial charge in [0.05, 0.1) is 0 Å². The molecule has 0 aromatic heterocycles. The molecule has 1 rings (SSSR count). The van der Waals surface area contributed by atoms with Gasteiger partial charge in [-0.2, -0.15) is 0 Å². The number of aliphatic carboxylic acids is 2. The summed E-state index contributed by atoms with van der Waals surface area (Å²) in [5, 5.41) is 29.6. The van der Waals surface area contributed by atoms with Gasteiger partial charge >= 0.3 is 11.9 Å². The van der Waals surface area contributed by atoms with E-state index in [1.54, 1.807) is 6.08 Å². The fraction of sp³-hybridized carbons (Fsp3) is 0.583. The number of hydrogen-bond acceptors (Lipinski definition) is 6. The maximum Gasteiger partial charge on any atom is 0.303 e. The number of para-hydroxylation sites is 2. The van der Waals surface area contributed by atoms with Crippen molar-refractivity contribution in [1.29, 1.82) is 0 Å². The average Bonchev–Trinajstić information content (AvgIpc) is 2.74. The molecular formula is C24H39NO7. The molecule has 0 bridgehead atoms. The lowest BCUT2D eigenvalue weighted by molar-refractivity contribution is -0.138. The number of aliphatic hydroxyl groups excluding tert-OH is 1. The normalized spacial score (nSPS) is 11.2. The number of nitrogens with one attached hydrogen (secondary N) is 1. The highest BCUT2D eigenvalue weighted by molar-refractivity contribution is 5.66. The van der Waals surface area contributed by atoms with E-state index in [1.807, 2.05) is 38.1 Å². The van der Waals surface area contributed by atoms with Gasteiger partial charge in [-0.15, -0.1) is 0 Å². The lowest BCUT2D eigenvalue weighted by atomic mass is 10.1. The Hall–Kier alpha value is -2.58. The van der Waals surface area contributed by atoms with E-state index >= 15 is 0 Å². The molecule has 4 N–H and O–H groups in total. The van der Waals surface area contributed by atoms with Crippen molar-refractivity contribution in [3.8, 4) is 11.5 Å². The van der Waals surface area contributed by atoms with Gasteiger partial charge in [0.1, 0.15) is 19.3 Å². The summed E-state index contributed by atoms with van der Waals surface area (Å²) >= 11 is 0. The van der Waals surface area contributed by atoms with E-state index in [1.165, 1.54) is 0 Å². The minimum Gasteiger partial charge on any atom is -0.487 e. The van der Waals surface area contributed by atoms with Crippen LogP contribution in [0.25, 0.3) is 0 Å². The number of hydrogen-bond donors (Lipinski definition) is 4. The van der Waals surface area contributed by atoms with Gasteiger partial charge in [0, 0.05) is 25.4 Å². The lowest BCUT2D eigenvalue weighted by Gasteiger charge is -2.16. The summed E-state index contributed by atoms with van der Waals surface area (Å²) in [6.07, 6.45) is 5.66. The fourth-order valence-corrected chi connectivity index (χ4v) is 2.54. The molecule has 0 amide bonds. The number of carboxylic acids is 2. The fourth-order valence-electron chi connectivity index (χ4n) is 2.54. The SMILES string of the molecule is C=CCOc1ccccc1OCC(O)CNC(C)C.O=C(O)CCCCCCCC(=O)O. The van der Waals surface area contributed by atoms with Crippen LogP contribution in [-0.2, 0) is 9.59 Å². The topological polar surface area (TPSA) is 125 Å². The Labute approximate surface area is 191 Å². The quantitative estimate of drug-likeness (QED) is 0.207. The van der Waals surface area contributed by atoms with E-state index in [9.17, 15) is 14.7 Å². The lowest BCUT2D eigenvalue weighted by Crippen LogP contribution is -2.35. The van der Waals surface area contributed by atoms with Crippen LogP contribution in [0, 0.1) is 0 Å². The van der Waals surface area contributed by atoms with Crippen LogP contribution < -0.4 is 14.8 Å². The molecule has 8 heteroatoms. The van der Waals surface area contributed by atoms with Gasteiger partial charge < -0.3 is 30.1 Å². The van der Waals surface area contributed by atoms with Crippen molar-refractivity contribution >= 4 is 11.9 Å². The molecular weight excluding hydrogens is 414 g/mol. The van der Waals surface area contributed by atoms with Crippen LogP contribution in [0.3, 0.4) is 0 Å². The summed E-state index contributed by atoms with van der Waals surface area (Å²) in [6, 6.07) is 7.74. The smallest absolute Gasteiger partial charge is 0.303 e. The Morgan fingerprint density at radius 1 is 0.969 bits per heavy atom. The predicted molar refractivity (Wildman–Crippen MR) is 124 cm³/mol. The molecule has 0 saturated carbocycles. The van der Waals surface area contributed by atoms with Crippen molar-refractivity contribution in [3.63, 3.8) is 0 Å². The van der Waals surface area contributed by atoms with Crippen molar-refractivity contribution < 1.29 is 34.4 Å². The molecule has 8 nitrogen and oxygen atoms in total. The standard InChI is InChI=1S/C15H23NO3.C9H16O4/c1-4-9-18-14-7-5-6-8-15(14)19-11-13(17)10-16-12(2)3;10-8(11)6-4-2-1-3-5-7-9(12)13/h4-8,12-13,16-17H,1,9-11H2,2-3H3;1-7H2,(H,10,11)(H,12,13). The van der Waals surface area contributed by atoms with Crippen LogP contribution in [0.5, 0.6) is 11.5 Å². The van der Waals surface area contributed by atoms with Gasteiger partial charge in [0.25, 0.3) is 0 Å². The van der Waals surface area contributed by atoms with Gasteiger partial charge in [-0.25, -0.2) is 0 Å². The van der Waals surface area contributed by atoms with Gasteiger partial charge in [-0.05, 0) is 25.0 Å². The van der Waals surface area contributed by atoms with Crippen molar-refractivity contribution in [3.05, 3.63) is 36.9 Å². The maximum absolute atomic E-state index is 10.1. The van der Waals surface area contributed by atoms with E-state index in [0.717, 1.165) is 19.3 Å². The number of ether oxygens (including phenoxy) is 2. The van der Waals surface area contributed by atoms with E-state index < -0.39 is 18.0 Å². The van der Waals surface area contributed by atoms with Crippen molar-refractivity contribution in [2.24, 2.45) is 0 Å². The Bertz CT molecular complexity index is 631. The highest BCUT2D eigenvalue weighted by atomic mass is 16.5. The van der Waals surface area contributed by atoms with E-state index in [-0.39, 0.29) is 19.4 Å². The number of carboxylic acid groups (broad SMARTS) is 2. The number of rotatable bonds is 17. The molecule has 0 fully saturated rings. The molecule has 0 spiro atoms. The van der Waals surface area contributed by atoms with Crippen LogP contribution in [0.1, 0.15) is 58.8 Å². The average molecular weight is 454 g/mol. The van der Waals surface area contributed by atoms with Gasteiger partial charge in [-0.1, -0.05) is 57.9 Å². The summed E-state index contributed by atoms with van der Waals surface area (Å²) in [5.41, 5.74) is 0.